The van der Waals surface area contributed by atoms with E-state index in [4.69, 9.17) is 16.3 Å². The highest BCUT2D eigenvalue weighted by molar-refractivity contribution is 6.21. The lowest BCUT2D eigenvalue weighted by atomic mass is 9.57. The van der Waals surface area contributed by atoms with Gasteiger partial charge < -0.3 is 20.7 Å². The van der Waals surface area contributed by atoms with Gasteiger partial charge in [0, 0.05) is 31.0 Å². The first kappa shape index (κ1) is 31.5. The molecule has 0 spiro atoms. The van der Waals surface area contributed by atoms with Crippen molar-refractivity contribution < 1.29 is 18.7 Å². The Morgan fingerprint density at radius 3 is 2.37 bits per heavy atom. The van der Waals surface area contributed by atoms with Crippen molar-refractivity contribution in [1.29, 1.82) is 0 Å². The van der Waals surface area contributed by atoms with Crippen LogP contribution in [-0.2, 0) is 14.3 Å². The number of piperidine rings is 1. The Morgan fingerprint density at radius 1 is 0.902 bits per heavy atom. The topological polar surface area (TPSA) is 79.5 Å². The Morgan fingerprint density at radius 2 is 1.63 bits per heavy atom. The van der Waals surface area contributed by atoms with Gasteiger partial charge in [0.15, 0.2) is 0 Å². The van der Waals surface area contributed by atoms with E-state index in [1.807, 2.05) is 0 Å². The number of halogens is 2. The normalized spacial score (nSPS) is 40.4. The standard InChI is InChI=1S/C33H55ClFN3O3/c1-21-26(22-8-6-4-2-3-5-7-9-22)12-14-36-30(21)13-15-37-33(40)27-19-31(24-16-23(27)17-24)38-32(39)20-41-25-10-11-28(34)29(35)18-25/h21-31,36H,2-20H2,1H3,(H,37,40)(H,38,39)/t21?,23?,24?,25-,26?,27?,28?,29-,30?,31-/m0/s1. The Kier molecular flexibility index (Phi) is 11.7. The molecule has 3 N–H and O–H groups in total. The third kappa shape index (κ3) is 8.38. The van der Waals surface area contributed by atoms with E-state index in [1.54, 1.807) is 0 Å². The molecule has 6 aliphatic rings. The Balaban J connectivity index is 1.03. The van der Waals surface area contributed by atoms with Gasteiger partial charge in [0.1, 0.15) is 12.8 Å². The van der Waals surface area contributed by atoms with Crippen molar-refractivity contribution in [2.75, 3.05) is 19.7 Å². The zero-order valence-corrected chi connectivity index (χ0v) is 26.0. The van der Waals surface area contributed by atoms with Crippen molar-refractivity contribution in [2.45, 2.75) is 139 Å². The van der Waals surface area contributed by atoms with Gasteiger partial charge in [-0.3, -0.25) is 9.59 Å². The molecule has 8 heteroatoms. The van der Waals surface area contributed by atoms with Gasteiger partial charge in [0.2, 0.25) is 11.8 Å². The summed E-state index contributed by atoms with van der Waals surface area (Å²) in [5, 5.41) is 9.76. The smallest absolute Gasteiger partial charge is 0.246 e. The van der Waals surface area contributed by atoms with Gasteiger partial charge in [-0.25, -0.2) is 4.39 Å². The van der Waals surface area contributed by atoms with Crippen LogP contribution in [0.4, 0.5) is 4.39 Å². The fourth-order valence-electron chi connectivity index (χ4n) is 8.95. The highest BCUT2D eigenvalue weighted by Crippen LogP contribution is 2.49. The number of carbonyl (C=O) groups is 2. The van der Waals surface area contributed by atoms with E-state index in [0.29, 0.717) is 43.1 Å². The third-order valence-electron chi connectivity index (χ3n) is 11.6. The third-order valence-corrected chi connectivity index (χ3v) is 12.1. The van der Waals surface area contributed by atoms with Crippen molar-refractivity contribution in [2.24, 2.45) is 35.5 Å². The SMILES string of the molecule is CC1C(CCNC(=O)C2C[C@H](NC(=O)CO[C@H]3CCC(Cl)[C@@H](F)C3)C3CC2C3)NCCC1C1CCCCCCCC1. The maximum Gasteiger partial charge on any atom is 0.246 e. The molecule has 6 nitrogen and oxygen atoms in total. The minimum Gasteiger partial charge on any atom is -0.368 e. The lowest BCUT2D eigenvalue weighted by molar-refractivity contribution is -0.137. The number of alkyl halides is 2. The van der Waals surface area contributed by atoms with Crippen LogP contribution in [0.15, 0.2) is 0 Å². The van der Waals surface area contributed by atoms with Gasteiger partial charge >= 0.3 is 0 Å². The van der Waals surface area contributed by atoms with Crippen LogP contribution in [0.1, 0.15) is 110 Å². The molecule has 6 rings (SSSR count). The lowest BCUT2D eigenvalue weighted by Crippen LogP contribution is -2.57. The fraction of sp³-hybridized carbons (Fsp3) is 0.939. The molecule has 0 aromatic carbocycles. The number of carbonyl (C=O) groups excluding carboxylic acids is 2. The van der Waals surface area contributed by atoms with Crippen LogP contribution >= 0.6 is 11.6 Å². The highest BCUT2D eigenvalue weighted by Gasteiger charge is 2.49. The molecule has 6 fully saturated rings. The molecule has 2 bridgehead atoms. The lowest BCUT2D eigenvalue weighted by Gasteiger charge is -2.50. The summed E-state index contributed by atoms with van der Waals surface area (Å²) in [6.07, 6.45) is 16.5. The first-order valence-electron chi connectivity index (χ1n) is 17.1. The zero-order valence-electron chi connectivity index (χ0n) is 25.3. The molecule has 8 atom stereocenters. The van der Waals surface area contributed by atoms with E-state index in [2.05, 4.69) is 22.9 Å². The summed E-state index contributed by atoms with van der Waals surface area (Å²) in [4.78, 5) is 25.9. The summed E-state index contributed by atoms with van der Waals surface area (Å²) < 4.78 is 19.6. The van der Waals surface area contributed by atoms with Crippen molar-refractivity contribution in [3.8, 4) is 0 Å². The van der Waals surface area contributed by atoms with E-state index >= 15 is 0 Å². The average molecular weight is 596 g/mol. The van der Waals surface area contributed by atoms with E-state index in [0.717, 1.165) is 44.2 Å². The molecule has 5 unspecified atom stereocenters. The van der Waals surface area contributed by atoms with Crippen LogP contribution < -0.4 is 16.0 Å². The van der Waals surface area contributed by atoms with Crippen LogP contribution in [0.2, 0.25) is 0 Å². The molecule has 1 saturated heterocycles. The second-order valence-corrected chi connectivity index (χ2v) is 14.8. The van der Waals surface area contributed by atoms with Crippen molar-refractivity contribution in [3.05, 3.63) is 0 Å². The minimum atomic E-state index is -1.07. The highest BCUT2D eigenvalue weighted by atomic mass is 35.5. The number of rotatable bonds is 9. The predicted molar refractivity (Wildman–Crippen MR) is 161 cm³/mol. The zero-order chi connectivity index (χ0) is 28.8. The predicted octanol–water partition coefficient (Wildman–Crippen LogP) is 5.90. The molecular weight excluding hydrogens is 541 g/mol. The van der Waals surface area contributed by atoms with E-state index in [-0.39, 0.29) is 42.9 Å². The largest absolute Gasteiger partial charge is 0.368 e. The van der Waals surface area contributed by atoms with E-state index in [1.165, 1.54) is 57.8 Å². The Bertz CT molecular complexity index is 848. The number of hydrogen-bond acceptors (Lipinski definition) is 4. The number of hydrogen-bond donors (Lipinski definition) is 3. The van der Waals surface area contributed by atoms with Gasteiger partial charge in [-0.15, -0.1) is 11.6 Å². The molecular formula is C33H55ClFN3O3. The molecule has 2 amide bonds. The van der Waals surface area contributed by atoms with Crippen LogP contribution in [-0.4, -0.2) is 61.2 Å². The minimum absolute atomic E-state index is 0.0214. The van der Waals surface area contributed by atoms with Crippen molar-refractivity contribution >= 4 is 23.4 Å². The molecule has 41 heavy (non-hydrogen) atoms. The Hall–Kier alpha value is -0.920. The number of fused-ring (bicyclic) bond motifs is 2. The van der Waals surface area contributed by atoms with Gasteiger partial charge in [0.25, 0.3) is 0 Å². The summed E-state index contributed by atoms with van der Waals surface area (Å²) in [6, 6.07) is 0.494. The molecule has 1 heterocycles. The molecule has 234 valence electrons. The van der Waals surface area contributed by atoms with Crippen molar-refractivity contribution in [1.82, 2.24) is 16.0 Å². The summed E-state index contributed by atoms with van der Waals surface area (Å²) in [7, 11) is 0. The molecule has 0 aromatic rings. The van der Waals surface area contributed by atoms with Crippen LogP contribution in [0.3, 0.4) is 0 Å². The first-order chi connectivity index (χ1) is 19.9. The van der Waals surface area contributed by atoms with Gasteiger partial charge in [0.05, 0.1) is 11.5 Å². The Labute approximate surface area is 252 Å². The molecule has 1 aliphatic heterocycles. The van der Waals surface area contributed by atoms with Gasteiger partial charge in [-0.1, -0.05) is 58.3 Å². The molecule has 0 radical (unpaired) electrons. The molecule has 0 aromatic heterocycles. The second kappa shape index (κ2) is 15.2. The second-order valence-electron chi connectivity index (χ2n) is 14.2. The number of nitrogens with one attached hydrogen (secondary N) is 3. The van der Waals surface area contributed by atoms with Gasteiger partial charge in [-0.2, -0.15) is 0 Å². The fourth-order valence-corrected chi connectivity index (χ4v) is 9.17. The average Bonchev–Trinajstić information content (AvgIpc) is 3.08. The van der Waals surface area contributed by atoms with Crippen molar-refractivity contribution in [3.63, 3.8) is 0 Å². The first-order valence-corrected chi connectivity index (χ1v) is 17.5. The summed E-state index contributed by atoms with van der Waals surface area (Å²) in [6.45, 7) is 4.21. The maximum atomic E-state index is 13.9. The number of ether oxygens (including phenoxy) is 1. The summed E-state index contributed by atoms with van der Waals surface area (Å²) in [5.41, 5.74) is 0. The number of amides is 2. The van der Waals surface area contributed by atoms with E-state index < -0.39 is 11.5 Å². The monoisotopic (exact) mass is 595 g/mol. The van der Waals surface area contributed by atoms with Crippen LogP contribution in [0.5, 0.6) is 0 Å². The van der Waals surface area contributed by atoms with E-state index in [9.17, 15) is 14.0 Å². The molecule has 5 saturated carbocycles. The van der Waals surface area contributed by atoms with Crippen LogP contribution in [0, 0.1) is 35.5 Å². The molecule has 5 aliphatic carbocycles. The summed E-state index contributed by atoms with van der Waals surface area (Å²) in [5.74, 6) is 3.20. The maximum absolute atomic E-state index is 13.9. The quantitative estimate of drug-likeness (QED) is 0.290. The van der Waals surface area contributed by atoms with Crippen LogP contribution in [0.25, 0.3) is 0 Å². The summed E-state index contributed by atoms with van der Waals surface area (Å²) >= 11 is 5.96. The van der Waals surface area contributed by atoms with Gasteiger partial charge in [-0.05, 0) is 81.1 Å².